The van der Waals surface area contributed by atoms with E-state index in [-0.39, 0.29) is 5.91 Å². The van der Waals surface area contributed by atoms with E-state index in [0.717, 1.165) is 24.3 Å². The minimum absolute atomic E-state index is 0.203. The maximum absolute atomic E-state index is 12.5. The zero-order valence-corrected chi connectivity index (χ0v) is 16.1. The molecule has 3 aromatic rings. The molecule has 0 saturated heterocycles. The van der Waals surface area contributed by atoms with Gasteiger partial charge in [-0.3, -0.25) is 4.79 Å². The maximum atomic E-state index is 12.5. The fourth-order valence-electron chi connectivity index (χ4n) is 2.85. The zero-order chi connectivity index (χ0) is 19.8. The molecule has 3 aromatic carbocycles. The van der Waals surface area contributed by atoms with Gasteiger partial charge >= 0.3 is 0 Å². The van der Waals surface area contributed by atoms with Gasteiger partial charge in [0.05, 0.1) is 14.2 Å². The molecular weight excluding hydrogens is 352 g/mol. The summed E-state index contributed by atoms with van der Waals surface area (Å²) in [7, 11) is 3.11. The molecule has 1 amide bonds. The van der Waals surface area contributed by atoms with Crippen LogP contribution in [-0.4, -0.2) is 26.7 Å². The lowest BCUT2D eigenvalue weighted by atomic mass is 10.1. The Labute approximate surface area is 165 Å². The summed E-state index contributed by atoms with van der Waals surface area (Å²) in [6.07, 6.45) is 0.957. The van der Waals surface area contributed by atoms with Crippen LogP contribution >= 0.6 is 0 Å². The van der Waals surface area contributed by atoms with Crippen LogP contribution in [0.4, 0.5) is 11.4 Å². The van der Waals surface area contributed by atoms with Gasteiger partial charge in [0.1, 0.15) is 0 Å². The SMILES string of the molecule is COc1ccc(C(=O)Nc2ccc(NCCc3ccccc3)cc2)cc1OC. The molecule has 2 N–H and O–H groups in total. The molecule has 0 bridgehead atoms. The number of rotatable bonds is 8. The number of carbonyl (C=O) groups excluding carboxylic acids is 1. The second-order valence-corrected chi connectivity index (χ2v) is 6.26. The Bertz CT molecular complexity index is 909. The number of amides is 1. The van der Waals surface area contributed by atoms with Crippen LogP contribution < -0.4 is 20.1 Å². The van der Waals surface area contributed by atoms with Crippen molar-refractivity contribution >= 4 is 17.3 Å². The molecule has 0 fully saturated rings. The molecule has 0 aliphatic heterocycles. The lowest BCUT2D eigenvalue weighted by Gasteiger charge is -2.11. The Hall–Kier alpha value is -3.47. The van der Waals surface area contributed by atoms with Crippen LogP contribution in [0, 0.1) is 0 Å². The van der Waals surface area contributed by atoms with E-state index < -0.39 is 0 Å². The number of hydrogen-bond acceptors (Lipinski definition) is 4. The Morgan fingerprint density at radius 1 is 0.821 bits per heavy atom. The first-order valence-electron chi connectivity index (χ1n) is 9.11. The summed E-state index contributed by atoms with van der Waals surface area (Å²) >= 11 is 0. The molecule has 0 aromatic heterocycles. The van der Waals surface area contributed by atoms with Crippen LogP contribution in [0.1, 0.15) is 15.9 Å². The Balaban J connectivity index is 1.55. The first kappa shape index (κ1) is 19.3. The second kappa shape index (κ2) is 9.46. The molecule has 5 heteroatoms. The quantitative estimate of drug-likeness (QED) is 0.603. The Morgan fingerprint density at radius 2 is 1.50 bits per heavy atom. The molecule has 0 spiro atoms. The van der Waals surface area contributed by atoms with Crippen molar-refractivity contribution in [2.24, 2.45) is 0 Å². The molecule has 0 heterocycles. The molecule has 0 aliphatic carbocycles. The minimum atomic E-state index is -0.203. The van der Waals surface area contributed by atoms with Crippen molar-refractivity contribution in [2.75, 3.05) is 31.4 Å². The molecule has 28 heavy (non-hydrogen) atoms. The first-order valence-corrected chi connectivity index (χ1v) is 9.11. The minimum Gasteiger partial charge on any atom is -0.493 e. The maximum Gasteiger partial charge on any atom is 0.255 e. The van der Waals surface area contributed by atoms with Crippen LogP contribution in [0.25, 0.3) is 0 Å². The number of benzene rings is 3. The predicted molar refractivity (Wildman–Crippen MR) is 113 cm³/mol. The lowest BCUT2D eigenvalue weighted by Crippen LogP contribution is -2.12. The normalized spacial score (nSPS) is 10.2. The van der Waals surface area contributed by atoms with Crippen molar-refractivity contribution in [3.63, 3.8) is 0 Å². The number of anilines is 2. The van der Waals surface area contributed by atoms with Crippen molar-refractivity contribution in [3.05, 3.63) is 83.9 Å². The Kier molecular flexibility index (Phi) is 6.52. The number of hydrogen-bond donors (Lipinski definition) is 2. The molecule has 0 unspecified atom stereocenters. The summed E-state index contributed by atoms with van der Waals surface area (Å²) in [5.74, 6) is 0.906. The monoisotopic (exact) mass is 376 g/mol. The van der Waals surface area contributed by atoms with E-state index in [1.165, 1.54) is 5.56 Å². The van der Waals surface area contributed by atoms with Crippen molar-refractivity contribution < 1.29 is 14.3 Å². The second-order valence-electron chi connectivity index (χ2n) is 6.26. The van der Waals surface area contributed by atoms with Crippen molar-refractivity contribution in [1.82, 2.24) is 0 Å². The van der Waals surface area contributed by atoms with E-state index in [1.54, 1.807) is 32.4 Å². The first-order chi connectivity index (χ1) is 13.7. The van der Waals surface area contributed by atoms with Gasteiger partial charge in [-0.05, 0) is 54.4 Å². The van der Waals surface area contributed by atoms with Crippen molar-refractivity contribution in [2.45, 2.75) is 6.42 Å². The van der Waals surface area contributed by atoms with Gasteiger partial charge in [-0.15, -0.1) is 0 Å². The third-order valence-corrected chi connectivity index (χ3v) is 4.37. The van der Waals surface area contributed by atoms with E-state index in [1.807, 2.05) is 42.5 Å². The molecule has 0 atom stereocenters. The highest BCUT2D eigenvalue weighted by Gasteiger charge is 2.11. The van der Waals surface area contributed by atoms with Gasteiger partial charge in [-0.2, -0.15) is 0 Å². The van der Waals surface area contributed by atoms with E-state index in [9.17, 15) is 4.79 Å². The largest absolute Gasteiger partial charge is 0.493 e. The topological polar surface area (TPSA) is 59.6 Å². The predicted octanol–water partition coefficient (Wildman–Crippen LogP) is 4.61. The third kappa shape index (κ3) is 5.04. The molecule has 0 saturated carbocycles. The summed E-state index contributed by atoms with van der Waals surface area (Å²) < 4.78 is 10.4. The van der Waals surface area contributed by atoms with E-state index in [4.69, 9.17) is 9.47 Å². The van der Waals surface area contributed by atoms with Gasteiger partial charge in [0, 0.05) is 23.5 Å². The van der Waals surface area contributed by atoms with Crippen molar-refractivity contribution in [1.29, 1.82) is 0 Å². The van der Waals surface area contributed by atoms with E-state index >= 15 is 0 Å². The standard InChI is InChI=1S/C23H24N2O3/c1-27-21-13-8-18(16-22(21)28-2)23(26)25-20-11-9-19(10-12-20)24-15-14-17-6-4-3-5-7-17/h3-13,16,24H,14-15H2,1-2H3,(H,25,26). The average Bonchev–Trinajstić information content (AvgIpc) is 2.75. The van der Waals surface area contributed by atoms with Crippen molar-refractivity contribution in [3.8, 4) is 11.5 Å². The third-order valence-electron chi connectivity index (χ3n) is 4.37. The van der Waals surface area contributed by atoms with Gasteiger partial charge < -0.3 is 20.1 Å². The van der Waals surface area contributed by atoms with Gasteiger partial charge in [0.15, 0.2) is 11.5 Å². The molecular formula is C23H24N2O3. The lowest BCUT2D eigenvalue weighted by molar-refractivity contribution is 0.102. The highest BCUT2D eigenvalue weighted by atomic mass is 16.5. The molecule has 144 valence electrons. The smallest absolute Gasteiger partial charge is 0.255 e. The van der Waals surface area contributed by atoms with Crippen LogP contribution in [0.15, 0.2) is 72.8 Å². The highest BCUT2D eigenvalue weighted by molar-refractivity contribution is 6.04. The number of ether oxygens (including phenoxy) is 2. The van der Waals surface area contributed by atoms with Crippen LogP contribution in [0.3, 0.4) is 0 Å². The molecule has 0 aliphatic rings. The summed E-state index contributed by atoms with van der Waals surface area (Å²) in [5.41, 5.74) is 3.55. The van der Waals surface area contributed by atoms with E-state index in [0.29, 0.717) is 17.1 Å². The van der Waals surface area contributed by atoms with Gasteiger partial charge in [-0.1, -0.05) is 30.3 Å². The highest BCUT2D eigenvalue weighted by Crippen LogP contribution is 2.28. The van der Waals surface area contributed by atoms with Crippen LogP contribution in [0.2, 0.25) is 0 Å². The molecule has 0 radical (unpaired) electrons. The van der Waals surface area contributed by atoms with Crippen LogP contribution in [0.5, 0.6) is 11.5 Å². The summed E-state index contributed by atoms with van der Waals surface area (Å²) in [6.45, 7) is 0.849. The number of carbonyl (C=O) groups is 1. The van der Waals surface area contributed by atoms with Gasteiger partial charge in [0.2, 0.25) is 0 Å². The Morgan fingerprint density at radius 3 is 2.18 bits per heavy atom. The van der Waals surface area contributed by atoms with Gasteiger partial charge in [-0.25, -0.2) is 0 Å². The summed E-state index contributed by atoms with van der Waals surface area (Å²) in [4.78, 5) is 12.5. The average molecular weight is 376 g/mol. The molecule has 5 nitrogen and oxygen atoms in total. The zero-order valence-electron chi connectivity index (χ0n) is 16.1. The summed E-state index contributed by atoms with van der Waals surface area (Å²) in [6, 6.07) is 23.1. The molecule has 3 rings (SSSR count). The fraction of sp³-hybridized carbons (Fsp3) is 0.174. The number of nitrogens with one attached hydrogen (secondary N) is 2. The van der Waals surface area contributed by atoms with Crippen LogP contribution in [-0.2, 0) is 6.42 Å². The number of methoxy groups -OCH3 is 2. The summed E-state index contributed by atoms with van der Waals surface area (Å²) in [5, 5.41) is 6.28. The van der Waals surface area contributed by atoms with E-state index in [2.05, 4.69) is 22.8 Å². The van der Waals surface area contributed by atoms with Gasteiger partial charge in [0.25, 0.3) is 5.91 Å². The fourth-order valence-corrected chi connectivity index (χ4v) is 2.85.